The lowest BCUT2D eigenvalue weighted by molar-refractivity contribution is 0.174. The Morgan fingerprint density at radius 2 is 1.79 bits per heavy atom. The highest BCUT2D eigenvalue weighted by Crippen LogP contribution is 2.38. The number of hydrogen-bond donors (Lipinski definition) is 0. The largest absolute Gasteiger partial charge is 0.454 e. The highest BCUT2D eigenvalue weighted by molar-refractivity contribution is 5.95. The number of ether oxygens (including phenoxy) is 2. The Labute approximate surface area is 109 Å². The van der Waals surface area contributed by atoms with Crippen molar-refractivity contribution in [2.45, 2.75) is 0 Å². The molecule has 0 bridgehead atoms. The van der Waals surface area contributed by atoms with Crippen LogP contribution in [0.3, 0.4) is 0 Å². The Morgan fingerprint density at radius 1 is 0.895 bits per heavy atom. The Hall–Kier alpha value is -2.62. The first-order valence-corrected chi connectivity index (χ1v) is 6.01. The van der Waals surface area contributed by atoms with Crippen molar-refractivity contribution in [2.75, 3.05) is 6.79 Å². The second-order valence-electron chi connectivity index (χ2n) is 4.30. The minimum Gasteiger partial charge on any atom is -0.454 e. The van der Waals surface area contributed by atoms with Crippen LogP contribution in [-0.2, 0) is 0 Å². The maximum absolute atomic E-state index is 5.43. The second kappa shape index (κ2) is 3.95. The number of hydrogen-bond acceptors (Lipinski definition) is 4. The van der Waals surface area contributed by atoms with E-state index in [-0.39, 0.29) is 6.79 Å². The summed E-state index contributed by atoms with van der Waals surface area (Å²) in [6.45, 7) is 0.276. The van der Waals surface area contributed by atoms with Crippen molar-refractivity contribution in [2.24, 2.45) is 0 Å². The number of pyridine rings is 2. The van der Waals surface area contributed by atoms with E-state index in [1.165, 1.54) is 0 Å². The molecule has 0 saturated heterocycles. The third-order valence-corrected chi connectivity index (χ3v) is 3.17. The fraction of sp³-hybridized carbons (Fsp3) is 0.0667. The van der Waals surface area contributed by atoms with Crippen LogP contribution >= 0.6 is 0 Å². The van der Waals surface area contributed by atoms with Gasteiger partial charge in [0.2, 0.25) is 6.79 Å². The van der Waals surface area contributed by atoms with Gasteiger partial charge in [0, 0.05) is 17.8 Å². The minimum absolute atomic E-state index is 0.276. The van der Waals surface area contributed by atoms with E-state index in [4.69, 9.17) is 9.47 Å². The first kappa shape index (κ1) is 10.3. The van der Waals surface area contributed by atoms with Gasteiger partial charge in [-0.3, -0.25) is 9.97 Å². The smallest absolute Gasteiger partial charge is 0.231 e. The molecule has 2 aromatic heterocycles. The van der Waals surface area contributed by atoms with Crippen molar-refractivity contribution >= 4 is 10.8 Å². The molecule has 0 aliphatic carbocycles. The Morgan fingerprint density at radius 3 is 2.63 bits per heavy atom. The Kier molecular flexibility index (Phi) is 2.14. The number of benzene rings is 1. The summed E-state index contributed by atoms with van der Waals surface area (Å²) >= 11 is 0. The highest BCUT2D eigenvalue weighted by Gasteiger charge is 2.16. The molecule has 1 aromatic carbocycles. The molecule has 0 saturated carbocycles. The van der Waals surface area contributed by atoms with Crippen LogP contribution in [0.25, 0.3) is 22.2 Å². The summed E-state index contributed by atoms with van der Waals surface area (Å²) < 4.78 is 10.8. The molecule has 4 heteroatoms. The molecule has 1 aliphatic heterocycles. The van der Waals surface area contributed by atoms with Gasteiger partial charge in [0.25, 0.3) is 0 Å². The standard InChI is InChI=1S/C15H10N2O2/c1-2-5-16-12(3-1)15-11-8-14-13(18-9-19-14)7-10(11)4-6-17-15/h1-8H,9H2. The van der Waals surface area contributed by atoms with Gasteiger partial charge in [-0.15, -0.1) is 0 Å². The van der Waals surface area contributed by atoms with Gasteiger partial charge < -0.3 is 9.47 Å². The van der Waals surface area contributed by atoms with Gasteiger partial charge in [-0.2, -0.15) is 0 Å². The maximum atomic E-state index is 5.43. The summed E-state index contributed by atoms with van der Waals surface area (Å²) in [7, 11) is 0. The first-order chi connectivity index (χ1) is 9.42. The van der Waals surface area contributed by atoms with Crippen LogP contribution in [0.15, 0.2) is 48.8 Å². The van der Waals surface area contributed by atoms with Crippen LogP contribution in [0.5, 0.6) is 11.5 Å². The molecule has 3 aromatic rings. The van der Waals surface area contributed by atoms with Crippen molar-refractivity contribution in [3.05, 3.63) is 48.8 Å². The van der Waals surface area contributed by atoms with E-state index in [2.05, 4.69) is 9.97 Å². The van der Waals surface area contributed by atoms with Crippen molar-refractivity contribution in [1.29, 1.82) is 0 Å². The summed E-state index contributed by atoms with van der Waals surface area (Å²) in [4.78, 5) is 8.80. The molecule has 19 heavy (non-hydrogen) atoms. The van der Waals surface area contributed by atoms with Crippen LogP contribution in [0.4, 0.5) is 0 Å². The molecule has 4 rings (SSSR count). The van der Waals surface area contributed by atoms with Crippen LogP contribution < -0.4 is 9.47 Å². The van der Waals surface area contributed by atoms with Crippen LogP contribution in [0, 0.1) is 0 Å². The third kappa shape index (κ3) is 1.61. The molecule has 0 radical (unpaired) electrons. The van der Waals surface area contributed by atoms with E-state index in [0.717, 1.165) is 33.7 Å². The lowest BCUT2D eigenvalue weighted by Gasteiger charge is -2.06. The molecule has 0 fully saturated rings. The monoisotopic (exact) mass is 250 g/mol. The number of nitrogens with zero attached hydrogens (tertiary/aromatic N) is 2. The maximum Gasteiger partial charge on any atom is 0.231 e. The fourth-order valence-electron chi connectivity index (χ4n) is 2.27. The van der Waals surface area contributed by atoms with Gasteiger partial charge in [-0.1, -0.05) is 6.07 Å². The van der Waals surface area contributed by atoms with Crippen molar-refractivity contribution in [1.82, 2.24) is 9.97 Å². The summed E-state index contributed by atoms with van der Waals surface area (Å²) in [5.41, 5.74) is 1.71. The van der Waals surface area contributed by atoms with Crippen LogP contribution in [0.1, 0.15) is 0 Å². The van der Waals surface area contributed by atoms with Gasteiger partial charge in [0.15, 0.2) is 11.5 Å². The van der Waals surface area contributed by atoms with Gasteiger partial charge in [0.05, 0.1) is 11.4 Å². The van der Waals surface area contributed by atoms with E-state index in [1.807, 2.05) is 36.4 Å². The molecular weight excluding hydrogens is 240 g/mol. The van der Waals surface area contributed by atoms with E-state index in [9.17, 15) is 0 Å². The zero-order valence-electron chi connectivity index (χ0n) is 10.0. The molecule has 0 spiro atoms. The summed E-state index contributed by atoms with van der Waals surface area (Å²) in [5, 5.41) is 2.09. The zero-order chi connectivity index (χ0) is 12.7. The van der Waals surface area contributed by atoms with Crippen molar-refractivity contribution < 1.29 is 9.47 Å². The molecule has 0 atom stereocenters. The third-order valence-electron chi connectivity index (χ3n) is 3.17. The second-order valence-corrected chi connectivity index (χ2v) is 4.30. The molecule has 4 nitrogen and oxygen atoms in total. The van der Waals surface area contributed by atoms with Gasteiger partial charge in [-0.05, 0) is 35.7 Å². The van der Waals surface area contributed by atoms with Crippen LogP contribution in [0.2, 0.25) is 0 Å². The average molecular weight is 250 g/mol. The predicted molar refractivity (Wildman–Crippen MR) is 71.1 cm³/mol. The average Bonchev–Trinajstić information content (AvgIpc) is 2.92. The topological polar surface area (TPSA) is 44.2 Å². The molecular formula is C15H10N2O2. The Balaban J connectivity index is 2.02. The Bertz CT molecular complexity index is 757. The molecule has 0 unspecified atom stereocenters. The quantitative estimate of drug-likeness (QED) is 0.666. The summed E-state index contributed by atoms with van der Waals surface area (Å²) in [6.07, 6.45) is 3.55. The number of aromatic nitrogens is 2. The fourth-order valence-corrected chi connectivity index (χ4v) is 2.27. The van der Waals surface area contributed by atoms with Gasteiger partial charge >= 0.3 is 0 Å². The molecule has 3 heterocycles. The predicted octanol–water partition coefficient (Wildman–Crippen LogP) is 3.03. The first-order valence-electron chi connectivity index (χ1n) is 6.01. The lowest BCUT2D eigenvalue weighted by atomic mass is 10.1. The summed E-state index contributed by atoms with van der Waals surface area (Å²) in [6, 6.07) is 11.7. The molecule has 92 valence electrons. The van der Waals surface area contributed by atoms with Gasteiger partial charge in [-0.25, -0.2) is 0 Å². The number of rotatable bonds is 1. The number of fused-ring (bicyclic) bond motifs is 2. The van der Waals surface area contributed by atoms with Gasteiger partial charge in [0.1, 0.15) is 0 Å². The molecule has 0 amide bonds. The molecule has 0 N–H and O–H groups in total. The normalized spacial score (nSPS) is 12.8. The highest BCUT2D eigenvalue weighted by atomic mass is 16.7. The van der Waals surface area contributed by atoms with Crippen molar-refractivity contribution in [3.63, 3.8) is 0 Å². The van der Waals surface area contributed by atoms with E-state index in [1.54, 1.807) is 12.4 Å². The van der Waals surface area contributed by atoms with E-state index < -0.39 is 0 Å². The van der Waals surface area contributed by atoms with E-state index in [0.29, 0.717) is 0 Å². The van der Waals surface area contributed by atoms with Crippen LogP contribution in [-0.4, -0.2) is 16.8 Å². The molecule has 1 aliphatic rings. The lowest BCUT2D eigenvalue weighted by Crippen LogP contribution is -1.92. The van der Waals surface area contributed by atoms with E-state index >= 15 is 0 Å². The SMILES string of the molecule is c1ccc(-c2nccc3cc4c(cc23)OCO4)nc1. The zero-order valence-corrected chi connectivity index (χ0v) is 10.0. The summed E-state index contributed by atoms with van der Waals surface area (Å²) in [5.74, 6) is 1.54. The van der Waals surface area contributed by atoms with Crippen molar-refractivity contribution in [3.8, 4) is 22.9 Å². The minimum atomic E-state index is 0.276.